The van der Waals surface area contributed by atoms with E-state index in [0.29, 0.717) is 0 Å². The molecule has 0 saturated carbocycles. The lowest BCUT2D eigenvalue weighted by Gasteiger charge is -2.11. The number of hydrogen-bond acceptors (Lipinski definition) is 3. The molecule has 0 aliphatic rings. The van der Waals surface area contributed by atoms with Crippen molar-refractivity contribution in [3.63, 3.8) is 0 Å². The van der Waals surface area contributed by atoms with E-state index in [1.807, 2.05) is 49.1 Å². The quantitative estimate of drug-likeness (QED) is 0.752. The molecule has 1 aromatic carbocycles. The third-order valence-electron chi connectivity index (χ3n) is 2.90. The Balaban J connectivity index is 1.68. The largest absolute Gasteiger partial charge is 0.491 e. The Kier molecular flexibility index (Phi) is 5.62. The minimum atomic E-state index is 0.215. The zero-order valence-corrected chi connectivity index (χ0v) is 12.2. The normalized spacial score (nSPS) is 10.9. The molecular formula is C16H23N3O. The van der Waals surface area contributed by atoms with Gasteiger partial charge in [-0.3, -0.25) is 4.68 Å². The molecule has 20 heavy (non-hydrogen) atoms. The fourth-order valence-corrected chi connectivity index (χ4v) is 2.03. The van der Waals surface area contributed by atoms with Crippen LogP contribution in [0.1, 0.15) is 25.8 Å². The molecule has 1 heterocycles. The monoisotopic (exact) mass is 273 g/mol. The summed E-state index contributed by atoms with van der Waals surface area (Å²) < 4.78 is 7.65. The number of nitrogens with zero attached hydrogens (tertiary/aromatic N) is 2. The van der Waals surface area contributed by atoms with Crippen LogP contribution in [-0.2, 0) is 13.1 Å². The van der Waals surface area contributed by atoms with E-state index < -0.39 is 0 Å². The number of benzene rings is 1. The number of aromatic nitrogens is 2. The molecule has 0 radical (unpaired) electrons. The van der Waals surface area contributed by atoms with Crippen LogP contribution in [0.5, 0.6) is 5.75 Å². The van der Waals surface area contributed by atoms with E-state index in [1.54, 1.807) is 0 Å². The molecule has 2 rings (SSSR count). The Morgan fingerprint density at radius 2 is 2.20 bits per heavy atom. The molecule has 0 aliphatic heterocycles. The van der Waals surface area contributed by atoms with Crippen LogP contribution < -0.4 is 10.1 Å². The average Bonchev–Trinajstić information content (AvgIpc) is 2.91. The van der Waals surface area contributed by atoms with Crippen LogP contribution in [0.25, 0.3) is 0 Å². The number of aryl methyl sites for hydroxylation is 1. The summed E-state index contributed by atoms with van der Waals surface area (Å²) in [6.45, 7) is 6.89. The van der Waals surface area contributed by atoms with E-state index in [9.17, 15) is 0 Å². The molecule has 0 bridgehead atoms. The lowest BCUT2D eigenvalue weighted by atomic mass is 10.2. The third-order valence-corrected chi connectivity index (χ3v) is 2.90. The van der Waals surface area contributed by atoms with E-state index in [0.717, 1.165) is 31.8 Å². The molecule has 2 aromatic rings. The number of hydrogen-bond donors (Lipinski definition) is 1. The van der Waals surface area contributed by atoms with Crippen LogP contribution in [-0.4, -0.2) is 22.4 Å². The maximum absolute atomic E-state index is 5.69. The molecule has 0 unspecified atom stereocenters. The maximum Gasteiger partial charge on any atom is 0.120 e. The molecule has 4 nitrogen and oxygen atoms in total. The van der Waals surface area contributed by atoms with Crippen molar-refractivity contribution in [3.05, 3.63) is 48.3 Å². The van der Waals surface area contributed by atoms with Crippen LogP contribution in [0, 0.1) is 0 Å². The zero-order chi connectivity index (χ0) is 14.2. The van der Waals surface area contributed by atoms with Gasteiger partial charge >= 0.3 is 0 Å². The van der Waals surface area contributed by atoms with Gasteiger partial charge in [0.15, 0.2) is 0 Å². The van der Waals surface area contributed by atoms with Crippen molar-refractivity contribution in [1.82, 2.24) is 15.1 Å². The van der Waals surface area contributed by atoms with Crippen LogP contribution in [0.3, 0.4) is 0 Å². The lowest BCUT2D eigenvalue weighted by molar-refractivity contribution is 0.242. The summed E-state index contributed by atoms with van der Waals surface area (Å²) >= 11 is 0. The second-order valence-corrected chi connectivity index (χ2v) is 5.11. The van der Waals surface area contributed by atoms with Crippen molar-refractivity contribution in [1.29, 1.82) is 0 Å². The fraction of sp³-hybridized carbons (Fsp3) is 0.438. The lowest BCUT2D eigenvalue weighted by Crippen LogP contribution is -2.16. The smallest absolute Gasteiger partial charge is 0.120 e. The first kappa shape index (κ1) is 14.6. The summed E-state index contributed by atoms with van der Waals surface area (Å²) in [7, 11) is 0. The number of nitrogens with one attached hydrogen (secondary N) is 1. The molecule has 0 atom stereocenters. The summed E-state index contributed by atoms with van der Waals surface area (Å²) in [4.78, 5) is 0. The predicted octanol–water partition coefficient (Wildman–Crippen LogP) is 2.85. The van der Waals surface area contributed by atoms with E-state index in [1.165, 1.54) is 5.56 Å². The van der Waals surface area contributed by atoms with Crippen LogP contribution >= 0.6 is 0 Å². The number of rotatable bonds is 8. The minimum absolute atomic E-state index is 0.215. The Labute approximate surface area is 120 Å². The van der Waals surface area contributed by atoms with E-state index >= 15 is 0 Å². The van der Waals surface area contributed by atoms with Gasteiger partial charge in [0.1, 0.15) is 5.75 Å². The first-order chi connectivity index (χ1) is 9.74. The molecule has 4 heteroatoms. The van der Waals surface area contributed by atoms with Crippen molar-refractivity contribution in [2.45, 2.75) is 39.5 Å². The summed E-state index contributed by atoms with van der Waals surface area (Å²) in [6.07, 6.45) is 5.09. The van der Waals surface area contributed by atoms with Gasteiger partial charge in [0.05, 0.1) is 6.10 Å². The van der Waals surface area contributed by atoms with Gasteiger partial charge in [-0.2, -0.15) is 5.10 Å². The summed E-state index contributed by atoms with van der Waals surface area (Å²) in [5, 5.41) is 7.63. The standard InChI is InChI=1S/C16H23N3O/c1-14(2)20-16-7-3-6-15(12-16)13-17-8-4-10-19-11-5-9-18-19/h3,5-7,9,11-12,14,17H,4,8,10,13H2,1-2H3. The zero-order valence-electron chi connectivity index (χ0n) is 12.2. The topological polar surface area (TPSA) is 39.1 Å². The van der Waals surface area contributed by atoms with Gasteiger partial charge in [0.25, 0.3) is 0 Å². The van der Waals surface area contributed by atoms with Crippen molar-refractivity contribution in [2.75, 3.05) is 6.54 Å². The Hall–Kier alpha value is -1.81. The van der Waals surface area contributed by atoms with E-state index in [2.05, 4.69) is 22.5 Å². The van der Waals surface area contributed by atoms with Crippen LogP contribution in [0.4, 0.5) is 0 Å². The van der Waals surface area contributed by atoms with Gasteiger partial charge in [-0.15, -0.1) is 0 Å². The number of ether oxygens (including phenoxy) is 1. The molecule has 0 amide bonds. The van der Waals surface area contributed by atoms with Crippen LogP contribution in [0.2, 0.25) is 0 Å². The third kappa shape index (κ3) is 5.05. The second-order valence-electron chi connectivity index (χ2n) is 5.11. The van der Waals surface area contributed by atoms with Gasteiger partial charge in [0, 0.05) is 25.5 Å². The van der Waals surface area contributed by atoms with Gasteiger partial charge in [-0.1, -0.05) is 12.1 Å². The maximum atomic E-state index is 5.69. The molecule has 1 N–H and O–H groups in total. The van der Waals surface area contributed by atoms with Gasteiger partial charge in [-0.25, -0.2) is 0 Å². The molecule has 0 aliphatic carbocycles. The minimum Gasteiger partial charge on any atom is -0.491 e. The highest BCUT2D eigenvalue weighted by molar-refractivity contribution is 5.28. The Morgan fingerprint density at radius 1 is 1.30 bits per heavy atom. The van der Waals surface area contributed by atoms with Crippen molar-refractivity contribution >= 4 is 0 Å². The van der Waals surface area contributed by atoms with E-state index in [4.69, 9.17) is 4.74 Å². The molecule has 0 saturated heterocycles. The SMILES string of the molecule is CC(C)Oc1cccc(CNCCCn2cccn2)c1. The van der Waals surface area contributed by atoms with Crippen molar-refractivity contribution < 1.29 is 4.74 Å². The molecule has 1 aromatic heterocycles. The van der Waals surface area contributed by atoms with Crippen molar-refractivity contribution in [3.8, 4) is 5.75 Å². The first-order valence-electron chi connectivity index (χ1n) is 7.18. The van der Waals surface area contributed by atoms with Gasteiger partial charge in [-0.05, 0) is 50.6 Å². The Bertz CT molecular complexity index is 494. The van der Waals surface area contributed by atoms with Crippen molar-refractivity contribution in [2.24, 2.45) is 0 Å². The predicted molar refractivity (Wildman–Crippen MR) is 80.8 cm³/mol. The highest BCUT2D eigenvalue weighted by Gasteiger charge is 1.99. The fourth-order valence-electron chi connectivity index (χ4n) is 2.03. The average molecular weight is 273 g/mol. The highest BCUT2D eigenvalue weighted by atomic mass is 16.5. The molecule has 108 valence electrons. The summed E-state index contributed by atoms with van der Waals surface area (Å²) in [5.74, 6) is 0.941. The molecule has 0 spiro atoms. The van der Waals surface area contributed by atoms with Gasteiger partial charge in [0.2, 0.25) is 0 Å². The van der Waals surface area contributed by atoms with Crippen LogP contribution in [0.15, 0.2) is 42.7 Å². The molecule has 0 fully saturated rings. The second kappa shape index (κ2) is 7.70. The van der Waals surface area contributed by atoms with E-state index in [-0.39, 0.29) is 6.10 Å². The first-order valence-corrected chi connectivity index (χ1v) is 7.18. The molecular weight excluding hydrogens is 250 g/mol. The summed E-state index contributed by atoms with van der Waals surface area (Å²) in [5.41, 5.74) is 1.25. The Morgan fingerprint density at radius 3 is 2.95 bits per heavy atom. The summed E-state index contributed by atoms with van der Waals surface area (Å²) in [6, 6.07) is 10.2. The van der Waals surface area contributed by atoms with Gasteiger partial charge < -0.3 is 10.1 Å². The highest BCUT2D eigenvalue weighted by Crippen LogP contribution is 2.14.